The molecule has 0 aliphatic heterocycles. The van der Waals surface area contributed by atoms with Crippen molar-refractivity contribution < 1.29 is 14.3 Å². The van der Waals surface area contributed by atoms with Crippen molar-refractivity contribution in [2.75, 3.05) is 26.7 Å². The molecule has 0 radical (unpaired) electrons. The van der Waals surface area contributed by atoms with E-state index >= 15 is 0 Å². The molecule has 0 unspecified atom stereocenters. The second kappa shape index (κ2) is 10.6. The third kappa shape index (κ3) is 7.31. The fraction of sp³-hybridized carbons (Fsp3) is 0.333. The molecule has 0 aromatic heterocycles. The molecule has 6 heteroatoms. The second-order valence-corrected chi connectivity index (χ2v) is 6.70. The number of ether oxygens (including phenoxy) is 1. The zero-order valence-electron chi connectivity index (χ0n) is 15.7. The van der Waals surface area contributed by atoms with Gasteiger partial charge in [0.1, 0.15) is 5.75 Å². The number of halogens is 1. The predicted molar refractivity (Wildman–Crippen MR) is 107 cm³/mol. The second-order valence-electron chi connectivity index (χ2n) is 6.27. The van der Waals surface area contributed by atoms with E-state index in [0.29, 0.717) is 24.5 Å². The number of benzene rings is 2. The van der Waals surface area contributed by atoms with E-state index in [1.807, 2.05) is 48.5 Å². The van der Waals surface area contributed by atoms with Crippen molar-refractivity contribution in [1.29, 1.82) is 0 Å². The van der Waals surface area contributed by atoms with Gasteiger partial charge in [-0.1, -0.05) is 35.9 Å². The Hall–Kier alpha value is -2.53. The van der Waals surface area contributed by atoms with Gasteiger partial charge in [-0.15, -0.1) is 0 Å². The first-order valence-corrected chi connectivity index (χ1v) is 9.25. The number of hydrogen-bond acceptors (Lipinski definition) is 3. The van der Waals surface area contributed by atoms with Crippen LogP contribution in [0, 0.1) is 0 Å². The molecule has 0 atom stereocenters. The molecule has 0 aliphatic rings. The topological polar surface area (TPSA) is 58.6 Å². The van der Waals surface area contributed by atoms with Crippen LogP contribution in [-0.4, -0.2) is 43.5 Å². The summed E-state index contributed by atoms with van der Waals surface area (Å²) in [5.74, 6) is 0.532. The van der Waals surface area contributed by atoms with Gasteiger partial charge in [0.05, 0.1) is 13.7 Å². The van der Waals surface area contributed by atoms with E-state index in [2.05, 4.69) is 5.32 Å². The first-order valence-electron chi connectivity index (χ1n) is 8.87. The van der Waals surface area contributed by atoms with Crippen LogP contribution in [0.5, 0.6) is 5.75 Å². The number of amides is 2. The van der Waals surface area contributed by atoms with Crippen LogP contribution in [0.15, 0.2) is 48.5 Å². The van der Waals surface area contributed by atoms with Crippen molar-refractivity contribution in [3.05, 3.63) is 64.7 Å². The maximum absolute atomic E-state index is 12.2. The summed E-state index contributed by atoms with van der Waals surface area (Å²) in [5.41, 5.74) is 2.19. The SMILES string of the molecule is COc1ccc(CCNC(=O)CN(CCc2ccc(Cl)cc2)C(C)=O)cc1. The molecule has 0 bridgehead atoms. The molecular weight excluding hydrogens is 364 g/mol. The van der Waals surface area contributed by atoms with Crippen molar-refractivity contribution >= 4 is 23.4 Å². The van der Waals surface area contributed by atoms with Crippen LogP contribution < -0.4 is 10.1 Å². The minimum atomic E-state index is -0.158. The molecule has 2 aromatic rings. The number of carbonyl (C=O) groups is 2. The van der Waals surface area contributed by atoms with Crippen LogP contribution in [0.25, 0.3) is 0 Å². The fourth-order valence-corrected chi connectivity index (χ4v) is 2.76. The lowest BCUT2D eigenvalue weighted by molar-refractivity contribution is -0.134. The molecule has 0 saturated heterocycles. The number of hydrogen-bond donors (Lipinski definition) is 1. The summed E-state index contributed by atoms with van der Waals surface area (Å²) in [6, 6.07) is 15.2. The van der Waals surface area contributed by atoms with Gasteiger partial charge in [-0.2, -0.15) is 0 Å². The Morgan fingerprint density at radius 3 is 2.19 bits per heavy atom. The number of rotatable bonds is 9. The molecule has 0 aliphatic carbocycles. The molecule has 5 nitrogen and oxygen atoms in total. The van der Waals surface area contributed by atoms with Crippen LogP contribution in [0.4, 0.5) is 0 Å². The highest BCUT2D eigenvalue weighted by molar-refractivity contribution is 6.30. The Morgan fingerprint density at radius 2 is 1.59 bits per heavy atom. The number of methoxy groups -OCH3 is 1. The van der Waals surface area contributed by atoms with E-state index in [1.54, 1.807) is 12.0 Å². The van der Waals surface area contributed by atoms with Gasteiger partial charge in [-0.3, -0.25) is 9.59 Å². The quantitative estimate of drug-likeness (QED) is 0.718. The first kappa shape index (κ1) is 20.8. The van der Waals surface area contributed by atoms with Gasteiger partial charge in [0.15, 0.2) is 0 Å². The summed E-state index contributed by atoms with van der Waals surface area (Å²) in [7, 11) is 1.63. The molecule has 2 aromatic carbocycles. The van der Waals surface area contributed by atoms with Gasteiger partial charge in [0.2, 0.25) is 11.8 Å². The van der Waals surface area contributed by atoms with Crippen LogP contribution in [0.1, 0.15) is 18.1 Å². The fourth-order valence-electron chi connectivity index (χ4n) is 2.63. The van der Waals surface area contributed by atoms with Crippen LogP contribution >= 0.6 is 11.6 Å². The van der Waals surface area contributed by atoms with Gasteiger partial charge < -0.3 is 15.0 Å². The minimum Gasteiger partial charge on any atom is -0.497 e. The van der Waals surface area contributed by atoms with Crippen molar-refractivity contribution in [1.82, 2.24) is 10.2 Å². The highest BCUT2D eigenvalue weighted by Gasteiger charge is 2.13. The predicted octanol–water partition coefficient (Wildman–Crippen LogP) is 3.10. The van der Waals surface area contributed by atoms with E-state index in [1.165, 1.54) is 6.92 Å². The molecule has 0 heterocycles. The lowest BCUT2D eigenvalue weighted by Crippen LogP contribution is -2.41. The number of carbonyl (C=O) groups excluding carboxylic acids is 2. The highest BCUT2D eigenvalue weighted by atomic mass is 35.5. The summed E-state index contributed by atoms with van der Waals surface area (Å²) < 4.78 is 5.13. The maximum atomic E-state index is 12.2. The Labute approximate surface area is 165 Å². The van der Waals surface area contributed by atoms with Crippen LogP contribution in [0.2, 0.25) is 5.02 Å². The minimum absolute atomic E-state index is 0.0610. The summed E-state index contributed by atoms with van der Waals surface area (Å²) >= 11 is 5.88. The molecule has 0 fully saturated rings. The Kier molecular flexibility index (Phi) is 8.14. The first-order chi connectivity index (χ1) is 13.0. The van der Waals surface area contributed by atoms with E-state index in [0.717, 1.165) is 23.3 Å². The third-order valence-corrected chi connectivity index (χ3v) is 4.51. The summed E-state index contributed by atoms with van der Waals surface area (Å²) in [6.07, 6.45) is 1.40. The summed E-state index contributed by atoms with van der Waals surface area (Å²) in [5, 5.41) is 3.55. The zero-order valence-corrected chi connectivity index (χ0v) is 16.5. The molecule has 0 saturated carbocycles. The van der Waals surface area contributed by atoms with E-state index in [4.69, 9.17) is 16.3 Å². The standard InChI is InChI=1S/C21H25ClN2O3/c1-16(25)24(14-12-18-3-7-19(22)8-4-18)15-21(26)23-13-11-17-5-9-20(27-2)10-6-17/h3-10H,11-15H2,1-2H3,(H,23,26). The molecule has 0 spiro atoms. The van der Waals surface area contributed by atoms with Gasteiger partial charge >= 0.3 is 0 Å². The van der Waals surface area contributed by atoms with Gasteiger partial charge in [-0.05, 0) is 48.2 Å². The molecule has 144 valence electrons. The average Bonchev–Trinajstić information content (AvgIpc) is 2.66. The van der Waals surface area contributed by atoms with E-state index < -0.39 is 0 Å². The number of nitrogens with zero attached hydrogens (tertiary/aromatic N) is 1. The molecular formula is C21H25ClN2O3. The summed E-state index contributed by atoms with van der Waals surface area (Å²) in [6.45, 7) is 2.55. The number of nitrogens with one attached hydrogen (secondary N) is 1. The average molecular weight is 389 g/mol. The van der Waals surface area contributed by atoms with Crippen LogP contribution in [-0.2, 0) is 22.4 Å². The largest absolute Gasteiger partial charge is 0.497 e. The molecule has 2 rings (SSSR count). The normalized spacial score (nSPS) is 10.3. The third-order valence-electron chi connectivity index (χ3n) is 4.26. The zero-order chi connectivity index (χ0) is 19.6. The lowest BCUT2D eigenvalue weighted by atomic mass is 10.1. The highest BCUT2D eigenvalue weighted by Crippen LogP contribution is 2.12. The van der Waals surface area contributed by atoms with Crippen molar-refractivity contribution in [3.8, 4) is 5.75 Å². The molecule has 1 N–H and O–H groups in total. The lowest BCUT2D eigenvalue weighted by Gasteiger charge is -2.20. The van der Waals surface area contributed by atoms with Gasteiger partial charge in [0, 0.05) is 25.0 Å². The van der Waals surface area contributed by atoms with Crippen molar-refractivity contribution in [2.45, 2.75) is 19.8 Å². The molecule has 2 amide bonds. The van der Waals surface area contributed by atoms with Crippen LogP contribution in [0.3, 0.4) is 0 Å². The Balaban J connectivity index is 1.76. The smallest absolute Gasteiger partial charge is 0.239 e. The summed E-state index contributed by atoms with van der Waals surface area (Å²) in [4.78, 5) is 25.5. The van der Waals surface area contributed by atoms with Crippen molar-refractivity contribution in [3.63, 3.8) is 0 Å². The van der Waals surface area contributed by atoms with Crippen molar-refractivity contribution in [2.24, 2.45) is 0 Å². The molecule has 27 heavy (non-hydrogen) atoms. The maximum Gasteiger partial charge on any atom is 0.239 e. The Bertz CT molecular complexity index is 745. The van der Waals surface area contributed by atoms with Gasteiger partial charge in [0.25, 0.3) is 0 Å². The van der Waals surface area contributed by atoms with E-state index in [9.17, 15) is 9.59 Å². The van der Waals surface area contributed by atoms with E-state index in [-0.39, 0.29) is 18.4 Å². The Morgan fingerprint density at radius 1 is 1.00 bits per heavy atom. The monoisotopic (exact) mass is 388 g/mol. The van der Waals surface area contributed by atoms with Gasteiger partial charge in [-0.25, -0.2) is 0 Å².